The second-order valence-electron chi connectivity index (χ2n) is 9.68. The van der Waals surface area contributed by atoms with Crippen molar-refractivity contribution in [2.45, 2.75) is 24.7 Å². The second kappa shape index (κ2) is 10.0. The third-order valence-corrected chi connectivity index (χ3v) is 7.48. The largest absolute Gasteiger partial charge is 0.508 e. The quantitative estimate of drug-likeness (QED) is 0.378. The molecule has 4 aromatic rings. The molecule has 6 rings (SSSR count). The van der Waals surface area contributed by atoms with E-state index in [4.69, 9.17) is 4.74 Å². The van der Waals surface area contributed by atoms with Gasteiger partial charge in [0.05, 0.1) is 11.9 Å². The molecule has 3 aromatic carbocycles. The Bertz CT molecular complexity index is 1300. The summed E-state index contributed by atoms with van der Waals surface area (Å²) in [5.41, 5.74) is 6.28. The van der Waals surface area contributed by atoms with Crippen LogP contribution in [0.4, 0.5) is 5.69 Å². The van der Waals surface area contributed by atoms with Gasteiger partial charge in [-0.15, -0.1) is 0 Å². The zero-order chi connectivity index (χ0) is 24.3. The average molecular weight is 478 g/mol. The molecule has 0 radical (unpaired) electrons. The number of benzene rings is 3. The highest BCUT2D eigenvalue weighted by Crippen LogP contribution is 2.47. The molecule has 1 aromatic heterocycles. The van der Waals surface area contributed by atoms with Gasteiger partial charge in [-0.25, -0.2) is 4.98 Å². The lowest BCUT2D eigenvalue weighted by Gasteiger charge is -2.34. The summed E-state index contributed by atoms with van der Waals surface area (Å²) in [5, 5.41) is 13.4. The minimum atomic E-state index is 0.224. The van der Waals surface area contributed by atoms with E-state index in [9.17, 15) is 5.11 Å². The van der Waals surface area contributed by atoms with Crippen LogP contribution in [0.5, 0.6) is 17.4 Å². The highest BCUT2D eigenvalue weighted by Gasteiger charge is 2.32. The first-order valence-corrected chi connectivity index (χ1v) is 12.8. The van der Waals surface area contributed by atoms with E-state index >= 15 is 0 Å². The minimum Gasteiger partial charge on any atom is -0.508 e. The lowest BCUT2D eigenvalue weighted by atomic mass is 9.69. The molecular formula is C31H31N3O2. The Hall–Kier alpha value is -3.83. The number of piperazine rings is 1. The van der Waals surface area contributed by atoms with Crippen molar-refractivity contribution in [3.8, 4) is 17.4 Å². The predicted molar refractivity (Wildman–Crippen MR) is 143 cm³/mol. The molecular weight excluding hydrogens is 446 g/mol. The molecule has 2 N–H and O–H groups in total. The highest BCUT2D eigenvalue weighted by atomic mass is 16.5. The number of pyridine rings is 1. The number of nitrogens with one attached hydrogen (secondary N) is 1. The van der Waals surface area contributed by atoms with Crippen molar-refractivity contribution in [2.75, 3.05) is 31.1 Å². The summed E-state index contributed by atoms with van der Waals surface area (Å²) in [5.74, 6) is 2.32. The van der Waals surface area contributed by atoms with E-state index in [0.29, 0.717) is 17.5 Å². The number of hydrogen-bond acceptors (Lipinski definition) is 5. The number of aromatic hydroxyl groups is 1. The Morgan fingerprint density at radius 1 is 0.861 bits per heavy atom. The first-order chi connectivity index (χ1) is 17.7. The molecule has 182 valence electrons. The molecule has 36 heavy (non-hydrogen) atoms. The maximum absolute atomic E-state index is 10.1. The van der Waals surface area contributed by atoms with Crippen LogP contribution in [0.25, 0.3) is 0 Å². The van der Waals surface area contributed by atoms with E-state index in [2.05, 4.69) is 69.8 Å². The molecule has 1 aliphatic heterocycles. The van der Waals surface area contributed by atoms with Gasteiger partial charge in [-0.2, -0.15) is 0 Å². The number of aromatic nitrogens is 1. The van der Waals surface area contributed by atoms with Gasteiger partial charge in [0.25, 0.3) is 0 Å². The first-order valence-electron chi connectivity index (χ1n) is 12.8. The van der Waals surface area contributed by atoms with Gasteiger partial charge in [0.15, 0.2) is 0 Å². The number of phenolic OH excluding ortho intramolecular Hbond substituents is 1. The summed E-state index contributed by atoms with van der Waals surface area (Å²) in [6.07, 6.45) is 3.91. The van der Waals surface area contributed by atoms with Gasteiger partial charge in [0.2, 0.25) is 5.88 Å². The van der Waals surface area contributed by atoms with Crippen molar-refractivity contribution >= 4 is 5.69 Å². The van der Waals surface area contributed by atoms with Gasteiger partial charge in [-0.1, -0.05) is 48.5 Å². The van der Waals surface area contributed by atoms with E-state index in [1.165, 1.54) is 22.3 Å². The number of phenols is 1. The number of aryl methyl sites for hydroxylation is 1. The van der Waals surface area contributed by atoms with Gasteiger partial charge in [-0.05, 0) is 71.3 Å². The van der Waals surface area contributed by atoms with Crippen LogP contribution in [0.3, 0.4) is 0 Å². The third kappa shape index (κ3) is 4.67. The predicted octanol–water partition coefficient (Wildman–Crippen LogP) is 5.85. The molecule has 0 amide bonds. The maximum Gasteiger partial charge on any atom is 0.219 e. The van der Waals surface area contributed by atoms with Crippen molar-refractivity contribution in [3.05, 3.63) is 113 Å². The SMILES string of the molecule is Oc1ccc2c(c1)CC[C@H](c1ccccc1)[C@@H]2c1ccc(Oc2ccc(N3CCNCC3)cn2)cc1. The zero-order valence-corrected chi connectivity index (χ0v) is 20.3. The fraction of sp³-hybridized carbons (Fsp3) is 0.258. The smallest absolute Gasteiger partial charge is 0.219 e. The Labute approximate surface area is 212 Å². The summed E-state index contributed by atoms with van der Waals surface area (Å²) in [6, 6.07) is 29.1. The van der Waals surface area contributed by atoms with E-state index in [1.54, 1.807) is 0 Å². The molecule has 0 spiro atoms. The molecule has 0 unspecified atom stereocenters. The van der Waals surface area contributed by atoms with Crippen LogP contribution in [0, 0.1) is 0 Å². The minimum absolute atomic E-state index is 0.224. The number of nitrogens with zero attached hydrogens (tertiary/aromatic N) is 2. The van der Waals surface area contributed by atoms with Gasteiger partial charge >= 0.3 is 0 Å². The van der Waals surface area contributed by atoms with Crippen LogP contribution in [-0.4, -0.2) is 36.3 Å². The molecule has 1 saturated heterocycles. The zero-order valence-electron chi connectivity index (χ0n) is 20.3. The summed E-state index contributed by atoms with van der Waals surface area (Å²) in [4.78, 5) is 6.88. The van der Waals surface area contributed by atoms with Crippen LogP contribution in [0.1, 0.15) is 40.5 Å². The molecule has 0 bridgehead atoms. The maximum atomic E-state index is 10.1. The van der Waals surface area contributed by atoms with Crippen molar-refractivity contribution in [3.63, 3.8) is 0 Å². The van der Waals surface area contributed by atoms with Gasteiger partial charge in [0.1, 0.15) is 11.5 Å². The Balaban J connectivity index is 1.24. The molecule has 1 aliphatic carbocycles. The molecule has 5 nitrogen and oxygen atoms in total. The van der Waals surface area contributed by atoms with Crippen molar-refractivity contribution in [2.24, 2.45) is 0 Å². The van der Waals surface area contributed by atoms with Crippen LogP contribution in [0.15, 0.2) is 91.1 Å². The normalized spacial score (nSPS) is 19.5. The number of ether oxygens (including phenoxy) is 1. The van der Waals surface area contributed by atoms with Crippen molar-refractivity contribution in [1.29, 1.82) is 0 Å². The van der Waals surface area contributed by atoms with Gasteiger partial charge < -0.3 is 20.1 Å². The monoisotopic (exact) mass is 477 g/mol. The Morgan fingerprint density at radius 2 is 1.67 bits per heavy atom. The summed E-state index contributed by atoms with van der Waals surface area (Å²) < 4.78 is 6.08. The fourth-order valence-electron chi connectivity index (χ4n) is 5.68. The van der Waals surface area contributed by atoms with Crippen LogP contribution < -0.4 is 15.0 Å². The number of hydrogen-bond donors (Lipinski definition) is 2. The van der Waals surface area contributed by atoms with Crippen molar-refractivity contribution in [1.82, 2.24) is 10.3 Å². The van der Waals surface area contributed by atoms with E-state index in [-0.39, 0.29) is 5.92 Å². The number of anilines is 1. The first kappa shape index (κ1) is 22.6. The second-order valence-corrected chi connectivity index (χ2v) is 9.68. The number of rotatable bonds is 5. The molecule has 2 aliphatic rings. The fourth-order valence-corrected chi connectivity index (χ4v) is 5.68. The van der Waals surface area contributed by atoms with Gasteiger partial charge in [0, 0.05) is 38.2 Å². The Morgan fingerprint density at radius 3 is 2.42 bits per heavy atom. The Kier molecular flexibility index (Phi) is 6.31. The van der Waals surface area contributed by atoms with Crippen LogP contribution in [0.2, 0.25) is 0 Å². The summed E-state index contributed by atoms with van der Waals surface area (Å²) in [7, 11) is 0. The molecule has 0 saturated carbocycles. The van der Waals surface area contributed by atoms with E-state index in [0.717, 1.165) is 50.5 Å². The molecule has 2 atom stereocenters. The topological polar surface area (TPSA) is 57.6 Å². The highest BCUT2D eigenvalue weighted by molar-refractivity contribution is 5.49. The van der Waals surface area contributed by atoms with Gasteiger partial charge in [-0.3, -0.25) is 0 Å². The summed E-state index contributed by atoms with van der Waals surface area (Å²) >= 11 is 0. The van der Waals surface area contributed by atoms with E-state index < -0.39 is 0 Å². The summed E-state index contributed by atoms with van der Waals surface area (Å²) in [6.45, 7) is 4.00. The third-order valence-electron chi connectivity index (χ3n) is 7.48. The average Bonchev–Trinajstić information content (AvgIpc) is 2.94. The standard InChI is InChI=1S/C31H31N3O2/c35-26-10-14-29-24(20-26)8-13-28(22-4-2-1-3-5-22)31(29)23-6-11-27(12-7-23)36-30-15-9-25(21-33-30)34-18-16-32-17-19-34/h1-7,9-12,14-15,20-21,28,31-32,35H,8,13,16-19H2/t28-,31+/m1/s1. The molecule has 2 heterocycles. The lowest BCUT2D eigenvalue weighted by Crippen LogP contribution is -2.43. The van der Waals surface area contributed by atoms with Crippen molar-refractivity contribution < 1.29 is 9.84 Å². The molecule has 1 fully saturated rings. The number of fused-ring (bicyclic) bond motifs is 1. The lowest BCUT2D eigenvalue weighted by molar-refractivity contribution is 0.461. The van der Waals surface area contributed by atoms with Crippen LogP contribution in [-0.2, 0) is 6.42 Å². The van der Waals surface area contributed by atoms with E-state index in [1.807, 2.05) is 36.5 Å². The molecule has 5 heteroatoms. The van der Waals surface area contributed by atoms with Crippen LogP contribution >= 0.6 is 0 Å².